The molecule has 0 atom stereocenters. The van der Waals surface area contributed by atoms with E-state index < -0.39 is 14.9 Å². The number of non-ortho nitro benzene ring substituents is 1. The smallest absolute Gasteiger partial charge is 0.295 e. The summed E-state index contributed by atoms with van der Waals surface area (Å²) in [6, 6.07) is 21.9. The van der Waals surface area contributed by atoms with Crippen molar-refractivity contribution in [1.29, 1.82) is 0 Å². The molecule has 0 unspecified atom stereocenters. The Labute approximate surface area is 176 Å². The predicted molar refractivity (Wildman–Crippen MR) is 116 cm³/mol. The van der Waals surface area contributed by atoms with Gasteiger partial charge in [0.05, 0.1) is 10.6 Å². The molecule has 0 aliphatic heterocycles. The van der Waals surface area contributed by atoms with Crippen LogP contribution < -0.4 is 4.72 Å². The van der Waals surface area contributed by atoms with Crippen LogP contribution in [0.4, 0.5) is 11.4 Å². The fourth-order valence-corrected chi connectivity index (χ4v) is 4.95. The number of nitrogens with one attached hydrogen (secondary N) is 1. The summed E-state index contributed by atoms with van der Waals surface area (Å²) in [5, 5.41) is 11.5. The molecule has 0 aliphatic carbocycles. The van der Waals surface area contributed by atoms with Crippen molar-refractivity contribution in [3.8, 4) is 0 Å². The molecular formula is C21H16N2O5S2. The van der Waals surface area contributed by atoms with E-state index in [1.807, 2.05) is 6.07 Å². The highest BCUT2D eigenvalue weighted by atomic mass is 32.2. The van der Waals surface area contributed by atoms with Crippen LogP contribution >= 0.6 is 11.8 Å². The van der Waals surface area contributed by atoms with Crippen LogP contribution in [0.2, 0.25) is 0 Å². The second-order valence-electron chi connectivity index (χ2n) is 6.42. The van der Waals surface area contributed by atoms with E-state index in [9.17, 15) is 18.5 Å². The standard InChI is InChI=1S/C21H16N2O5S2/c24-23(25)17-8-5-6-15(12-17)14-29-20-11-4-2-9-18(20)22-30(26,27)21-13-16-7-1-3-10-19(16)28-21/h1-13,22H,14H2. The van der Waals surface area contributed by atoms with Gasteiger partial charge < -0.3 is 4.42 Å². The third kappa shape index (κ3) is 4.32. The molecule has 7 nitrogen and oxygen atoms in total. The van der Waals surface area contributed by atoms with Crippen LogP contribution in [0.1, 0.15) is 5.56 Å². The minimum absolute atomic E-state index is 0.0203. The van der Waals surface area contributed by atoms with Gasteiger partial charge >= 0.3 is 0 Å². The van der Waals surface area contributed by atoms with E-state index >= 15 is 0 Å². The molecule has 0 saturated heterocycles. The van der Waals surface area contributed by atoms with Crippen molar-refractivity contribution in [2.24, 2.45) is 0 Å². The van der Waals surface area contributed by atoms with E-state index in [2.05, 4.69) is 4.72 Å². The Morgan fingerprint density at radius 1 is 0.967 bits per heavy atom. The molecule has 1 N–H and O–H groups in total. The SMILES string of the molecule is O=[N+]([O-])c1cccc(CSc2ccccc2NS(=O)(=O)c2cc3ccccc3o2)c1. The number of furan rings is 1. The highest BCUT2D eigenvalue weighted by Gasteiger charge is 2.21. The Morgan fingerprint density at radius 3 is 2.53 bits per heavy atom. The van der Waals surface area contributed by atoms with Gasteiger partial charge in [-0.15, -0.1) is 11.8 Å². The highest BCUT2D eigenvalue weighted by molar-refractivity contribution is 7.98. The molecule has 152 valence electrons. The maximum absolute atomic E-state index is 12.8. The van der Waals surface area contributed by atoms with Gasteiger partial charge in [0.2, 0.25) is 5.09 Å². The number of thioether (sulfide) groups is 1. The lowest BCUT2D eigenvalue weighted by atomic mass is 10.2. The molecule has 0 amide bonds. The summed E-state index contributed by atoms with van der Waals surface area (Å²) >= 11 is 1.38. The largest absolute Gasteiger partial charge is 0.443 e. The number of hydrogen-bond donors (Lipinski definition) is 1. The normalized spacial score (nSPS) is 11.5. The van der Waals surface area contributed by atoms with Gasteiger partial charge in [0.15, 0.2) is 0 Å². The van der Waals surface area contributed by atoms with Crippen molar-refractivity contribution >= 4 is 44.1 Å². The second kappa shape index (κ2) is 8.21. The highest BCUT2D eigenvalue weighted by Crippen LogP contribution is 2.32. The van der Waals surface area contributed by atoms with Crippen LogP contribution in [0.5, 0.6) is 0 Å². The molecule has 0 bridgehead atoms. The summed E-state index contributed by atoms with van der Waals surface area (Å²) in [4.78, 5) is 11.2. The van der Waals surface area contributed by atoms with Crippen LogP contribution in [0.3, 0.4) is 0 Å². The molecule has 0 saturated carbocycles. The number of fused-ring (bicyclic) bond motifs is 1. The lowest BCUT2D eigenvalue weighted by Gasteiger charge is -2.11. The molecule has 4 rings (SSSR count). The maximum Gasteiger partial charge on any atom is 0.295 e. The third-order valence-electron chi connectivity index (χ3n) is 4.31. The molecule has 0 aliphatic rings. The van der Waals surface area contributed by atoms with Gasteiger partial charge in [-0.2, -0.15) is 8.42 Å². The first kappa shape index (κ1) is 20.0. The van der Waals surface area contributed by atoms with Crippen molar-refractivity contribution < 1.29 is 17.8 Å². The van der Waals surface area contributed by atoms with Gasteiger partial charge in [0, 0.05) is 34.2 Å². The van der Waals surface area contributed by atoms with Crippen molar-refractivity contribution in [3.05, 3.63) is 94.5 Å². The van der Waals surface area contributed by atoms with E-state index in [1.54, 1.807) is 54.6 Å². The number of para-hydroxylation sites is 2. The molecule has 4 aromatic rings. The Morgan fingerprint density at radius 2 is 1.73 bits per heavy atom. The molecule has 0 fully saturated rings. The number of anilines is 1. The van der Waals surface area contributed by atoms with Crippen molar-refractivity contribution in [2.75, 3.05) is 4.72 Å². The summed E-state index contributed by atoms with van der Waals surface area (Å²) < 4.78 is 33.7. The Bertz CT molecular complexity index is 1300. The first-order valence-electron chi connectivity index (χ1n) is 8.89. The number of nitro benzene ring substituents is 1. The minimum Gasteiger partial charge on any atom is -0.443 e. The number of benzene rings is 3. The van der Waals surface area contributed by atoms with Crippen molar-refractivity contribution in [1.82, 2.24) is 0 Å². The average Bonchev–Trinajstić information content (AvgIpc) is 3.18. The Hall–Kier alpha value is -3.30. The van der Waals surface area contributed by atoms with Crippen LogP contribution in [-0.2, 0) is 15.8 Å². The maximum atomic E-state index is 12.8. The minimum atomic E-state index is -3.92. The van der Waals surface area contributed by atoms with Crippen LogP contribution in [0.15, 0.2) is 93.3 Å². The predicted octanol–water partition coefficient (Wildman–Crippen LogP) is 5.43. The number of nitro groups is 1. The van der Waals surface area contributed by atoms with Crippen LogP contribution in [0, 0.1) is 10.1 Å². The summed E-state index contributed by atoms with van der Waals surface area (Å²) in [6.07, 6.45) is 0. The molecule has 9 heteroatoms. The molecule has 30 heavy (non-hydrogen) atoms. The van der Waals surface area contributed by atoms with E-state index in [-0.39, 0.29) is 10.8 Å². The van der Waals surface area contributed by atoms with Gasteiger partial charge in [-0.25, -0.2) is 0 Å². The average molecular weight is 441 g/mol. The fourth-order valence-electron chi connectivity index (χ4n) is 2.88. The third-order valence-corrected chi connectivity index (χ3v) is 6.68. The molecule has 3 aromatic carbocycles. The molecule has 1 aromatic heterocycles. The molecule has 0 spiro atoms. The fraction of sp³-hybridized carbons (Fsp3) is 0.0476. The number of hydrogen-bond acceptors (Lipinski definition) is 6. The van der Waals surface area contributed by atoms with Crippen LogP contribution in [-0.4, -0.2) is 13.3 Å². The lowest BCUT2D eigenvalue weighted by Crippen LogP contribution is -2.12. The van der Waals surface area contributed by atoms with Gasteiger partial charge in [0.1, 0.15) is 5.58 Å². The van der Waals surface area contributed by atoms with Gasteiger partial charge in [-0.1, -0.05) is 42.5 Å². The zero-order valence-electron chi connectivity index (χ0n) is 15.5. The van der Waals surface area contributed by atoms with Gasteiger partial charge in [-0.3, -0.25) is 14.8 Å². The Balaban J connectivity index is 1.55. The summed E-state index contributed by atoms with van der Waals surface area (Å²) in [5.41, 5.74) is 1.69. The van der Waals surface area contributed by atoms with E-state index in [0.717, 1.165) is 5.56 Å². The molecule has 1 heterocycles. The zero-order valence-corrected chi connectivity index (χ0v) is 17.2. The number of sulfonamides is 1. The Kier molecular flexibility index (Phi) is 5.47. The van der Waals surface area contributed by atoms with Crippen molar-refractivity contribution in [3.63, 3.8) is 0 Å². The van der Waals surface area contributed by atoms with Gasteiger partial charge in [0.25, 0.3) is 15.7 Å². The van der Waals surface area contributed by atoms with Crippen LogP contribution in [0.25, 0.3) is 11.0 Å². The first-order valence-corrected chi connectivity index (χ1v) is 11.4. The van der Waals surface area contributed by atoms with E-state index in [0.29, 0.717) is 27.3 Å². The molecule has 0 radical (unpaired) electrons. The van der Waals surface area contributed by atoms with Crippen molar-refractivity contribution in [2.45, 2.75) is 15.7 Å². The second-order valence-corrected chi connectivity index (χ2v) is 9.05. The monoisotopic (exact) mass is 440 g/mol. The zero-order chi connectivity index (χ0) is 21.1. The first-order chi connectivity index (χ1) is 14.4. The van der Waals surface area contributed by atoms with E-state index in [1.165, 1.54) is 30.0 Å². The summed E-state index contributed by atoms with van der Waals surface area (Å²) in [6.45, 7) is 0. The lowest BCUT2D eigenvalue weighted by molar-refractivity contribution is -0.384. The van der Waals surface area contributed by atoms with Gasteiger partial charge in [-0.05, 0) is 23.8 Å². The molecular weight excluding hydrogens is 424 g/mol. The number of rotatable bonds is 7. The quantitative estimate of drug-likeness (QED) is 0.233. The van der Waals surface area contributed by atoms with E-state index in [4.69, 9.17) is 4.42 Å². The summed E-state index contributed by atoms with van der Waals surface area (Å²) in [5.74, 6) is 0.449. The summed E-state index contributed by atoms with van der Waals surface area (Å²) in [7, 11) is -3.92. The topological polar surface area (TPSA) is 102 Å². The number of nitrogens with zero attached hydrogens (tertiary/aromatic N) is 1.